The van der Waals surface area contributed by atoms with Crippen LogP contribution in [0.1, 0.15) is 5.56 Å². The van der Waals surface area contributed by atoms with E-state index in [0.717, 1.165) is 10.9 Å². The maximum absolute atomic E-state index is 12.2. The van der Waals surface area contributed by atoms with Gasteiger partial charge in [0.25, 0.3) is 10.0 Å². The summed E-state index contributed by atoms with van der Waals surface area (Å²) in [6, 6.07) is 10.6. The Hall–Kier alpha value is -3.00. The van der Waals surface area contributed by atoms with Gasteiger partial charge in [-0.05, 0) is 31.2 Å². The van der Waals surface area contributed by atoms with Crippen LogP contribution in [0, 0.1) is 6.92 Å². The molecule has 0 bridgehead atoms. The normalized spacial score (nSPS) is 11.2. The van der Waals surface area contributed by atoms with E-state index in [4.69, 9.17) is 0 Å². The second-order valence-corrected chi connectivity index (χ2v) is 6.79. The maximum atomic E-state index is 12.2. The van der Waals surface area contributed by atoms with Gasteiger partial charge in [0.1, 0.15) is 5.52 Å². The summed E-state index contributed by atoms with van der Waals surface area (Å²) in [5.74, 6) is 0.185. The van der Waals surface area contributed by atoms with Gasteiger partial charge in [-0.3, -0.25) is 10.3 Å². The molecule has 2 aromatic heterocycles. The summed E-state index contributed by atoms with van der Waals surface area (Å²) in [6.45, 7) is 1.84. The second-order valence-electron chi connectivity index (χ2n) is 5.11. The van der Waals surface area contributed by atoms with E-state index in [1.165, 1.54) is 18.3 Å². The number of aromatic nitrogens is 2. The van der Waals surface area contributed by atoms with Crippen LogP contribution >= 0.6 is 0 Å². The summed E-state index contributed by atoms with van der Waals surface area (Å²) < 4.78 is 26.4. The Balaban J connectivity index is 1.81. The minimum atomic E-state index is -3.96. The molecule has 0 atom stereocenters. The Labute approximate surface area is 138 Å². The second kappa shape index (κ2) is 6.25. The summed E-state index contributed by atoms with van der Waals surface area (Å²) in [4.78, 5) is 20.2. The van der Waals surface area contributed by atoms with E-state index in [1.54, 1.807) is 30.5 Å². The van der Waals surface area contributed by atoms with E-state index in [2.05, 4.69) is 15.3 Å². The highest BCUT2D eigenvalue weighted by molar-refractivity contribution is 7.90. The molecule has 1 aromatic carbocycles. The molecule has 122 valence electrons. The zero-order valence-electron chi connectivity index (χ0n) is 12.7. The van der Waals surface area contributed by atoms with Gasteiger partial charge in [-0.2, -0.15) is 0 Å². The molecular formula is C16H14N4O3S. The predicted octanol–water partition coefficient (Wildman–Crippen LogP) is 2.45. The number of carbonyl (C=O) groups is 1. The van der Waals surface area contributed by atoms with Crippen LogP contribution in [0.15, 0.2) is 59.8 Å². The zero-order chi connectivity index (χ0) is 17.2. The molecule has 0 aliphatic heterocycles. The van der Waals surface area contributed by atoms with Crippen molar-refractivity contribution in [2.45, 2.75) is 11.8 Å². The summed E-state index contributed by atoms with van der Waals surface area (Å²) in [5.41, 5.74) is 1.40. The molecule has 0 spiro atoms. The van der Waals surface area contributed by atoms with Crippen molar-refractivity contribution in [1.82, 2.24) is 14.7 Å². The lowest BCUT2D eigenvalue weighted by Gasteiger charge is -2.09. The Kier molecular flexibility index (Phi) is 4.13. The van der Waals surface area contributed by atoms with E-state index in [1.807, 2.05) is 17.7 Å². The molecule has 0 saturated carbocycles. The molecule has 0 unspecified atom stereocenters. The number of urea groups is 1. The van der Waals surface area contributed by atoms with E-state index < -0.39 is 16.1 Å². The van der Waals surface area contributed by atoms with Gasteiger partial charge in [0.2, 0.25) is 0 Å². The molecule has 2 heterocycles. The van der Waals surface area contributed by atoms with Crippen LogP contribution in [0.5, 0.6) is 0 Å². The number of fused-ring (bicyclic) bond motifs is 1. The number of rotatable bonds is 3. The highest BCUT2D eigenvalue weighted by atomic mass is 32.2. The van der Waals surface area contributed by atoms with Gasteiger partial charge in [-0.25, -0.2) is 22.9 Å². The fraction of sp³-hybridized carbons (Fsp3) is 0.0625. The number of benzene rings is 1. The molecule has 0 aliphatic rings. The molecule has 3 aromatic rings. The number of pyridine rings is 2. The lowest BCUT2D eigenvalue weighted by molar-refractivity contribution is 0.256. The maximum Gasteiger partial charge on any atom is 0.334 e. The molecule has 0 radical (unpaired) electrons. The molecule has 2 N–H and O–H groups in total. The molecular weight excluding hydrogens is 328 g/mol. The minimum absolute atomic E-state index is 0.00672. The molecule has 24 heavy (non-hydrogen) atoms. The van der Waals surface area contributed by atoms with E-state index in [9.17, 15) is 13.2 Å². The first-order valence-corrected chi connectivity index (χ1v) is 8.54. The first-order chi connectivity index (χ1) is 11.5. The van der Waals surface area contributed by atoms with Crippen molar-refractivity contribution in [1.29, 1.82) is 0 Å². The number of amides is 2. The fourth-order valence-corrected chi connectivity index (χ4v) is 3.03. The van der Waals surface area contributed by atoms with Gasteiger partial charge in [-0.1, -0.05) is 23.8 Å². The van der Waals surface area contributed by atoms with Gasteiger partial charge in [0.15, 0.2) is 5.82 Å². The van der Waals surface area contributed by atoms with Crippen LogP contribution in [-0.2, 0) is 10.0 Å². The van der Waals surface area contributed by atoms with E-state index >= 15 is 0 Å². The van der Waals surface area contributed by atoms with Crippen molar-refractivity contribution in [2.75, 3.05) is 5.32 Å². The number of nitrogens with zero attached hydrogens (tertiary/aromatic N) is 2. The monoisotopic (exact) mass is 342 g/mol. The van der Waals surface area contributed by atoms with Crippen LogP contribution in [0.2, 0.25) is 0 Å². The van der Waals surface area contributed by atoms with Crippen molar-refractivity contribution in [3.05, 3.63) is 60.4 Å². The third kappa shape index (κ3) is 3.33. The Morgan fingerprint density at radius 1 is 1.00 bits per heavy atom. The smallest absolute Gasteiger partial charge is 0.290 e. The summed E-state index contributed by atoms with van der Waals surface area (Å²) in [6.07, 6.45) is 3.07. The first kappa shape index (κ1) is 15.9. The fourth-order valence-electron chi connectivity index (χ4n) is 2.13. The molecule has 2 amide bonds. The van der Waals surface area contributed by atoms with Gasteiger partial charge < -0.3 is 0 Å². The highest BCUT2D eigenvalue weighted by Crippen LogP contribution is 2.18. The molecule has 0 aliphatic carbocycles. The average molecular weight is 342 g/mol. The number of sulfonamides is 1. The summed E-state index contributed by atoms with van der Waals surface area (Å²) in [7, 11) is -3.96. The van der Waals surface area contributed by atoms with E-state index in [0.29, 0.717) is 5.52 Å². The quantitative estimate of drug-likeness (QED) is 0.761. The molecule has 3 rings (SSSR count). The summed E-state index contributed by atoms with van der Waals surface area (Å²) >= 11 is 0. The average Bonchev–Trinajstić information content (AvgIpc) is 2.55. The first-order valence-electron chi connectivity index (χ1n) is 7.06. The van der Waals surface area contributed by atoms with Gasteiger partial charge in [-0.15, -0.1) is 0 Å². The van der Waals surface area contributed by atoms with E-state index in [-0.39, 0.29) is 10.7 Å². The van der Waals surface area contributed by atoms with Crippen LogP contribution in [0.3, 0.4) is 0 Å². The minimum Gasteiger partial charge on any atom is -0.290 e. The largest absolute Gasteiger partial charge is 0.334 e. The number of hydrogen-bond donors (Lipinski definition) is 2. The Bertz CT molecular complexity index is 996. The van der Waals surface area contributed by atoms with Crippen LogP contribution in [0.25, 0.3) is 10.9 Å². The molecule has 0 fully saturated rings. The Morgan fingerprint density at radius 3 is 2.50 bits per heavy atom. The predicted molar refractivity (Wildman–Crippen MR) is 90.1 cm³/mol. The lowest BCUT2D eigenvalue weighted by Crippen LogP contribution is -2.34. The standard InChI is InChI=1S/C16H14N4O3S/c1-11-4-6-13(7-5-11)24(22,23)20-16(21)19-15-14-12(8-10-18-15)3-2-9-17-14/h2-10H,1H3,(H2,18,19,20,21). The Morgan fingerprint density at radius 2 is 1.75 bits per heavy atom. The van der Waals surface area contributed by atoms with Crippen molar-refractivity contribution >= 4 is 32.8 Å². The summed E-state index contributed by atoms with van der Waals surface area (Å²) in [5, 5.41) is 3.20. The topological polar surface area (TPSA) is 101 Å². The molecule has 8 heteroatoms. The van der Waals surface area contributed by atoms with Crippen molar-refractivity contribution < 1.29 is 13.2 Å². The molecule has 0 saturated heterocycles. The van der Waals surface area contributed by atoms with Crippen molar-refractivity contribution in [2.24, 2.45) is 0 Å². The SMILES string of the molecule is Cc1ccc(S(=O)(=O)NC(=O)Nc2nccc3cccnc23)cc1. The third-order valence-corrected chi connectivity index (χ3v) is 4.66. The van der Waals surface area contributed by atoms with Gasteiger partial charge >= 0.3 is 6.03 Å². The number of carbonyl (C=O) groups excluding carboxylic acids is 1. The van der Waals surface area contributed by atoms with Crippen LogP contribution in [0.4, 0.5) is 10.6 Å². The zero-order valence-corrected chi connectivity index (χ0v) is 13.5. The molecule has 7 nitrogen and oxygen atoms in total. The highest BCUT2D eigenvalue weighted by Gasteiger charge is 2.18. The van der Waals surface area contributed by atoms with Crippen molar-refractivity contribution in [3.8, 4) is 0 Å². The van der Waals surface area contributed by atoms with Crippen molar-refractivity contribution in [3.63, 3.8) is 0 Å². The van der Waals surface area contributed by atoms with Gasteiger partial charge in [0, 0.05) is 17.8 Å². The number of hydrogen-bond acceptors (Lipinski definition) is 5. The lowest BCUT2D eigenvalue weighted by atomic mass is 10.2. The third-order valence-electron chi connectivity index (χ3n) is 3.31. The number of anilines is 1. The van der Waals surface area contributed by atoms with Gasteiger partial charge in [0.05, 0.1) is 4.90 Å². The number of aryl methyl sites for hydroxylation is 1. The number of nitrogens with one attached hydrogen (secondary N) is 2. The van der Waals surface area contributed by atoms with Crippen LogP contribution in [-0.4, -0.2) is 24.4 Å². The van der Waals surface area contributed by atoms with Crippen LogP contribution < -0.4 is 10.0 Å².